The van der Waals surface area contributed by atoms with Crippen molar-refractivity contribution >= 4 is 35.6 Å². The molecule has 7 heteroatoms. The number of methoxy groups -OCH3 is 1. The van der Waals surface area contributed by atoms with Crippen molar-refractivity contribution in [1.29, 1.82) is 0 Å². The van der Waals surface area contributed by atoms with Crippen LogP contribution in [0.15, 0.2) is 18.2 Å². The second-order valence-electron chi connectivity index (χ2n) is 6.10. The first kappa shape index (κ1) is 18.3. The SMILES string of the molecule is COc1ccc(NC(=O)CN2CCC3CNCC3C2)cc1Cl.Cl. The van der Waals surface area contributed by atoms with Gasteiger partial charge < -0.3 is 15.4 Å². The number of ether oxygens (including phenoxy) is 1. The normalized spacial score (nSPS) is 23.7. The number of carbonyl (C=O) groups is 1. The third-order valence-corrected chi connectivity index (χ3v) is 4.89. The van der Waals surface area contributed by atoms with Crippen LogP contribution in [-0.2, 0) is 4.79 Å². The van der Waals surface area contributed by atoms with Gasteiger partial charge in [-0.3, -0.25) is 9.69 Å². The Kier molecular flexibility index (Phi) is 6.53. The highest BCUT2D eigenvalue weighted by Crippen LogP contribution is 2.28. The molecule has 2 N–H and O–H groups in total. The summed E-state index contributed by atoms with van der Waals surface area (Å²) in [6, 6.07) is 5.27. The predicted octanol–water partition coefficient (Wildman–Crippen LogP) is 2.25. The number of fused-ring (bicyclic) bond motifs is 1. The standard InChI is InChI=1S/C16H22ClN3O2.ClH/c1-22-15-3-2-13(6-14(15)17)19-16(21)10-20-5-4-11-7-18-8-12(11)9-20;/h2-3,6,11-12,18H,4-5,7-10H2,1H3,(H,19,21);1H. The predicted molar refractivity (Wildman–Crippen MR) is 94.8 cm³/mol. The summed E-state index contributed by atoms with van der Waals surface area (Å²) in [7, 11) is 1.57. The van der Waals surface area contributed by atoms with Crippen LogP contribution in [0.25, 0.3) is 0 Å². The Bertz CT molecular complexity index is 556. The van der Waals surface area contributed by atoms with Crippen LogP contribution in [0.4, 0.5) is 5.69 Å². The quantitative estimate of drug-likeness (QED) is 0.865. The molecule has 2 aliphatic heterocycles. The van der Waals surface area contributed by atoms with Crippen molar-refractivity contribution in [2.45, 2.75) is 6.42 Å². The summed E-state index contributed by atoms with van der Waals surface area (Å²) < 4.78 is 5.11. The number of nitrogens with zero attached hydrogens (tertiary/aromatic N) is 1. The number of anilines is 1. The number of hydrogen-bond acceptors (Lipinski definition) is 4. The maximum absolute atomic E-state index is 12.2. The molecule has 2 heterocycles. The van der Waals surface area contributed by atoms with Gasteiger partial charge in [-0.25, -0.2) is 0 Å². The van der Waals surface area contributed by atoms with Crippen LogP contribution in [-0.4, -0.2) is 50.6 Å². The van der Waals surface area contributed by atoms with Crippen molar-refractivity contribution in [2.24, 2.45) is 11.8 Å². The van der Waals surface area contributed by atoms with Gasteiger partial charge in [-0.05, 0) is 56.1 Å². The molecule has 0 bridgehead atoms. The van der Waals surface area contributed by atoms with Gasteiger partial charge in [0.05, 0.1) is 18.7 Å². The Morgan fingerprint density at radius 1 is 1.43 bits per heavy atom. The minimum Gasteiger partial charge on any atom is -0.495 e. The fraction of sp³-hybridized carbons (Fsp3) is 0.562. The van der Waals surface area contributed by atoms with Gasteiger partial charge in [-0.2, -0.15) is 0 Å². The Morgan fingerprint density at radius 2 is 2.22 bits per heavy atom. The van der Waals surface area contributed by atoms with Crippen molar-refractivity contribution in [3.8, 4) is 5.75 Å². The van der Waals surface area contributed by atoms with Crippen molar-refractivity contribution < 1.29 is 9.53 Å². The van der Waals surface area contributed by atoms with Gasteiger partial charge in [0.15, 0.2) is 0 Å². The zero-order valence-electron chi connectivity index (χ0n) is 13.2. The Morgan fingerprint density at radius 3 is 2.96 bits per heavy atom. The molecule has 0 aliphatic carbocycles. The summed E-state index contributed by atoms with van der Waals surface area (Å²) in [4.78, 5) is 14.4. The molecule has 2 unspecified atom stereocenters. The smallest absolute Gasteiger partial charge is 0.238 e. The molecule has 1 aromatic carbocycles. The lowest BCUT2D eigenvalue weighted by Crippen LogP contribution is -2.43. The third-order valence-electron chi connectivity index (χ3n) is 4.59. The third kappa shape index (κ3) is 4.51. The average Bonchev–Trinajstić information content (AvgIpc) is 2.95. The summed E-state index contributed by atoms with van der Waals surface area (Å²) in [6.07, 6.45) is 1.18. The first-order valence-electron chi connectivity index (χ1n) is 7.72. The van der Waals surface area contributed by atoms with Gasteiger partial charge in [0, 0.05) is 12.2 Å². The monoisotopic (exact) mass is 359 g/mol. The van der Waals surface area contributed by atoms with Gasteiger partial charge in [-0.15, -0.1) is 12.4 Å². The van der Waals surface area contributed by atoms with E-state index in [1.54, 1.807) is 25.3 Å². The zero-order valence-corrected chi connectivity index (χ0v) is 14.8. The number of rotatable bonds is 4. The van der Waals surface area contributed by atoms with Crippen LogP contribution < -0.4 is 15.4 Å². The number of amides is 1. The fourth-order valence-electron chi connectivity index (χ4n) is 3.40. The highest BCUT2D eigenvalue weighted by molar-refractivity contribution is 6.32. The molecule has 5 nitrogen and oxygen atoms in total. The summed E-state index contributed by atoms with van der Waals surface area (Å²) in [6.45, 7) is 4.66. The topological polar surface area (TPSA) is 53.6 Å². The van der Waals surface area contributed by atoms with E-state index in [1.165, 1.54) is 6.42 Å². The summed E-state index contributed by atoms with van der Waals surface area (Å²) in [5, 5.41) is 6.84. The molecular weight excluding hydrogens is 337 g/mol. The molecular formula is C16H23Cl2N3O2. The number of hydrogen-bond donors (Lipinski definition) is 2. The van der Waals surface area contributed by atoms with Crippen molar-refractivity contribution in [1.82, 2.24) is 10.2 Å². The van der Waals surface area contributed by atoms with Gasteiger partial charge in [0.2, 0.25) is 5.91 Å². The lowest BCUT2D eigenvalue weighted by Gasteiger charge is -2.33. The molecule has 2 aliphatic rings. The first-order chi connectivity index (χ1) is 10.7. The summed E-state index contributed by atoms with van der Waals surface area (Å²) in [5.41, 5.74) is 0.702. The van der Waals surface area contributed by atoms with Crippen molar-refractivity contribution in [2.75, 3.05) is 45.2 Å². The zero-order chi connectivity index (χ0) is 15.5. The van der Waals surface area contributed by atoms with E-state index in [0.29, 0.717) is 28.9 Å². The van der Waals surface area contributed by atoms with Crippen LogP contribution in [0.3, 0.4) is 0 Å². The van der Waals surface area contributed by atoms with Gasteiger partial charge >= 0.3 is 0 Å². The summed E-state index contributed by atoms with van der Waals surface area (Å²) >= 11 is 6.07. The molecule has 128 valence electrons. The maximum Gasteiger partial charge on any atom is 0.238 e. The Balaban J connectivity index is 0.00000192. The molecule has 23 heavy (non-hydrogen) atoms. The van der Waals surface area contributed by atoms with E-state index < -0.39 is 0 Å². The van der Waals surface area contributed by atoms with E-state index in [0.717, 1.165) is 32.1 Å². The lowest BCUT2D eigenvalue weighted by molar-refractivity contribution is -0.117. The number of likely N-dealkylation sites (tertiary alicyclic amines) is 1. The first-order valence-corrected chi connectivity index (χ1v) is 8.10. The number of piperidine rings is 1. The Hall–Kier alpha value is -1.01. The minimum absolute atomic E-state index is 0. The van der Waals surface area contributed by atoms with Crippen LogP contribution in [0.5, 0.6) is 5.75 Å². The maximum atomic E-state index is 12.2. The van der Waals surface area contributed by atoms with Crippen molar-refractivity contribution in [3.05, 3.63) is 23.2 Å². The van der Waals surface area contributed by atoms with E-state index >= 15 is 0 Å². The van der Waals surface area contributed by atoms with E-state index in [4.69, 9.17) is 16.3 Å². The molecule has 1 aromatic rings. The molecule has 0 aromatic heterocycles. The van der Waals surface area contributed by atoms with E-state index in [9.17, 15) is 4.79 Å². The number of carbonyl (C=O) groups excluding carboxylic acids is 1. The van der Waals surface area contributed by atoms with Crippen molar-refractivity contribution in [3.63, 3.8) is 0 Å². The second kappa shape index (κ2) is 8.20. The lowest BCUT2D eigenvalue weighted by atomic mass is 9.89. The molecule has 2 fully saturated rings. The number of benzene rings is 1. The van der Waals surface area contributed by atoms with Gasteiger partial charge in [0.1, 0.15) is 5.75 Å². The molecule has 0 saturated carbocycles. The summed E-state index contributed by atoms with van der Waals surface area (Å²) in [5.74, 6) is 2.10. The minimum atomic E-state index is 0. The molecule has 2 saturated heterocycles. The van der Waals surface area contributed by atoms with Gasteiger partial charge in [-0.1, -0.05) is 11.6 Å². The highest BCUT2D eigenvalue weighted by Gasteiger charge is 2.33. The largest absolute Gasteiger partial charge is 0.495 e. The van der Waals surface area contributed by atoms with Crippen LogP contribution in [0, 0.1) is 11.8 Å². The Labute approximate surface area is 148 Å². The van der Waals surface area contributed by atoms with E-state index in [-0.39, 0.29) is 18.3 Å². The molecule has 3 rings (SSSR count). The van der Waals surface area contributed by atoms with Gasteiger partial charge in [0.25, 0.3) is 0 Å². The molecule has 0 radical (unpaired) electrons. The number of nitrogens with one attached hydrogen (secondary N) is 2. The van der Waals surface area contributed by atoms with Crippen LogP contribution in [0.2, 0.25) is 5.02 Å². The fourth-order valence-corrected chi connectivity index (χ4v) is 3.66. The number of halogens is 2. The highest BCUT2D eigenvalue weighted by atomic mass is 35.5. The van der Waals surface area contributed by atoms with Crippen LogP contribution in [0.1, 0.15) is 6.42 Å². The van der Waals surface area contributed by atoms with Crippen LogP contribution >= 0.6 is 24.0 Å². The molecule has 2 atom stereocenters. The molecule has 1 amide bonds. The second-order valence-corrected chi connectivity index (χ2v) is 6.51. The molecule has 0 spiro atoms. The van der Waals surface area contributed by atoms with E-state index in [1.807, 2.05) is 0 Å². The van der Waals surface area contributed by atoms with E-state index in [2.05, 4.69) is 15.5 Å². The average molecular weight is 360 g/mol.